The number of ether oxygens (including phenoxy) is 5. The van der Waals surface area contributed by atoms with Crippen molar-refractivity contribution in [3.8, 4) is 5.75 Å². The number of hydrogen-bond acceptors (Lipinski definition) is 13. The van der Waals surface area contributed by atoms with E-state index in [9.17, 15) is 24.3 Å². The number of hydrogen-bond donors (Lipinski definition) is 3. The maximum Gasteiger partial charge on any atom is 0.409 e. The standard InChI is InChI=1S/C40H59ClN4O10S2/c1-23-12-11-13-30(52-10)40(50)22-29(53-37(49)43-40)24(2)35-39(6,55-35)31(21-33(47)45(8)27-19-26(18-23)20-28(51-9)34(27)41)54-36(48)25(3)44(7)32(46)14-15-38(4,5)57-56-17-16-42/h11-13,19-20,24-25,29-31,35,50H,14-18,21-22,42H2,1-10H3,(H,43,49)/b13-11-,23-12-/t24-,25+,29?,30-,31+,35+,39?,40?/m1/s1. The number of likely N-dealkylation sites (N-methyl/N-ethyl adjacent to an activating group) is 1. The van der Waals surface area contributed by atoms with Crippen molar-refractivity contribution in [1.82, 2.24) is 10.2 Å². The van der Waals surface area contributed by atoms with Crippen molar-refractivity contribution in [3.63, 3.8) is 0 Å². The van der Waals surface area contributed by atoms with Gasteiger partial charge in [0.05, 0.1) is 25.3 Å². The van der Waals surface area contributed by atoms with Gasteiger partial charge in [-0.05, 0) is 65.2 Å². The van der Waals surface area contributed by atoms with Crippen LogP contribution in [0, 0.1) is 5.92 Å². The largest absolute Gasteiger partial charge is 0.495 e. The number of anilines is 1. The van der Waals surface area contributed by atoms with Gasteiger partial charge in [0.1, 0.15) is 40.7 Å². The Morgan fingerprint density at radius 2 is 1.96 bits per heavy atom. The van der Waals surface area contributed by atoms with Crippen LogP contribution in [0.25, 0.3) is 0 Å². The zero-order valence-electron chi connectivity index (χ0n) is 34.6. The zero-order chi connectivity index (χ0) is 42.5. The van der Waals surface area contributed by atoms with E-state index in [-0.39, 0.29) is 34.9 Å². The fourth-order valence-corrected chi connectivity index (χ4v) is 9.84. The highest BCUT2D eigenvalue weighted by atomic mass is 35.5. The first-order valence-corrected chi connectivity index (χ1v) is 21.8. The average molecular weight is 856 g/mol. The van der Waals surface area contributed by atoms with Crippen molar-refractivity contribution in [2.24, 2.45) is 11.7 Å². The van der Waals surface area contributed by atoms with Gasteiger partial charge in [0.15, 0.2) is 5.72 Å². The van der Waals surface area contributed by atoms with Crippen molar-refractivity contribution < 1.29 is 48.0 Å². The molecule has 0 aliphatic carbocycles. The molecule has 3 aliphatic heterocycles. The van der Waals surface area contributed by atoms with Crippen LogP contribution in [0.4, 0.5) is 10.5 Å². The van der Waals surface area contributed by atoms with Crippen LogP contribution in [0.3, 0.4) is 0 Å². The highest BCUT2D eigenvalue weighted by Gasteiger charge is 2.64. The molecule has 0 aromatic heterocycles. The third kappa shape index (κ3) is 11.4. The SMILES string of the molecule is COc1cc2cc(c1Cl)N(C)C(=O)C[C@H](OC(=O)[C@H](C)N(C)C(=O)CCC(C)(C)SSCCN)C1(C)O[C@H]1[C@H](C)C1CC(O)(NC(=O)O1)[C@H](OC)/C=C\C=C(\C)C2. The van der Waals surface area contributed by atoms with Crippen molar-refractivity contribution in [3.05, 3.63) is 46.5 Å². The number of esters is 1. The second-order valence-electron chi connectivity index (χ2n) is 15.9. The normalized spacial score (nSPS) is 30.2. The summed E-state index contributed by atoms with van der Waals surface area (Å²) in [6.45, 7) is 11.7. The smallest absolute Gasteiger partial charge is 0.409 e. The molecule has 3 amide bonds. The lowest BCUT2D eigenvalue weighted by molar-refractivity contribution is -0.162. The summed E-state index contributed by atoms with van der Waals surface area (Å²) >= 11 is 6.79. The molecule has 1 aromatic carbocycles. The summed E-state index contributed by atoms with van der Waals surface area (Å²) in [5.41, 5.74) is 4.70. The zero-order valence-corrected chi connectivity index (χ0v) is 37.0. The molecule has 14 nitrogen and oxygen atoms in total. The highest BCUT2D eigenvalue weighted by Crippen LogP contribution is 2.49. The first-order chi connectivity index (χ1) is 26.7. The van der Waals surface area contributed by atoms with Crippen LogP contribution in [0.15, 0.2) is 35.9 Å². The molecule has 8 atom stereocenters. The van der Waals surface area contributed by atoms with Crippen LogP contribution in [0.1, 0.15) is 72.8 Å². The quantitative estimate of drug-likeness (QED) is 0.105. The van der Waals surface area contributed by atoms with Gasteiger partial charge in [-0.25, -0.2) is 9.59 Å². The number of rotatable bonds is 12. The van der Waals surface area contributed by atoms with Gasteiger partial charge >= 0.3 is 12.1 Å². The van der Waals surface area contributed by atoms with Gasteiger partial charge in [0.2, 0.25) is 11.8 Å². The van der Waals surface area contributed by atoms with E-state index in [4.69, 9.17) is 41.0 Å². The second-order valence-corrected chi connectivity index (χ2v) is 19.4. The lowest BCUT2D eigenvalue weighted by Gasteiger charge is -2.42. The Balaban J connectivity index is 1.68. The molecule has 4 N–H and O–H groups in total. The van der Waals surface area contributed by atoms with E-state index in [2.05, 4.69) is 19.2 Å². The van der Waals surface area contributed by atoms with Crippen molar-refractivity contribution >= 4 is 62.8 Å². The minimum absolute atomic E-state index is 0.0530. The maximum atomic E-state index is 14.2. The molecular formula is C40H59ClN4O10S2. The third-order valence-corrected chi connectivity index (χ3v) is 14.7. The predicted molar refractivity (Wildman–Crippen MR) is 223 cm³/mol. The Kier molecular flexibility index (Phi) is 15.9. The summed E-state index contributed by atoms with van der Waals surface area (Å²) in [5.74, 6) is -0.745. The molecular weight excluding hydrogens is 796 g/mol. The molecule has 4 rings (SSSR count). The first kappa shape index (κ1) is 46.7. The van der Waals surface area contributed by atoms with Crippen LogP contribution in [0.2, 0.25) is 5.02 Å². The fourth-order valence-electron chi connectivity index (χ4n) is 7.09. The van der Waals surface area contributed by atoms with Crippen molar-refractivity contribution in [2.45, 2.75) is 120 Å². The number of nitrogens with one attached hydrogen (secondary N) is 1. The van der Waals surface area contributed by atoms with Crippen LogP contribution < -0.4 is 20.7 Å². The Bertz CT molecular complexity index is 1710. The Hall–Kier alpha value is -2.99. The molecule has 0 saturated carbocycles. The number of nitrogens with zero attached hydrogens (tertiary/aromatic N) is 2. The van der Waals surface area contributed by atoms with Crippen molar-refractivity contribution in [1.29, 1.82) is 0 Å². The van der Waals surface area contributed by atoms with Gasteiger partial charge in [-0.1, -0.05) is 63.9 Å². The Morgan fingerprint density at radius 1 is 1.26 bits per heavy atom. The number of fused-ring (bicyclic) bond motifs is 5. The topological polar surface area (TPSA) is 182 Å². The maximum absolute atomic E-state index is 14.2. The van der Waals surface area contributed by atoms with Crippen molar-refractivity contribution in [2.75, 3.05) is 45.5 Å². The number of carbonyl (C=O) groups is 4. The number of carbonyl (C=O) groups excluding carboxylic acids is 4. The third-order valence-electron chi connectivity index (χ3n) is 11.0. The predicted octanol–water partition coefficient (Wildman–Crippen LogP) is 5.41. The van der Waals surface area contributed by atoms with Gasteiger partial charge in [0.25, 0.3) is 0 Å². The fraction of sp³-hybridized carbons (Fsp3) is 0.650. The van der Waals surface area contributed by atoms with Gasteiger partial charge in [-0.2, -0.15) is 0 Å². The molecule has 2 fully saturated rings. The number of allylic oxidation sites excluding steroid dienone is 3. The van der Waals surface area contributed by atoms with E-state index in [1.807, 2.05) is 13.0 Å². The van der Waals surface area contributed by atoms with E-state index in [0.717, 1.165) is 16.9 Å². The van der Waals surface area contributed by atoms with Crippen LogP contribution >= 0.6 is 33.2 Å². The lowest BCUT2D eigenvalue weighted by atomic mass is 9.83. The number of amides is 3. The second kappa shape index (κ2) is 19.4. The number of alkyl carbamates (subject to hydrolysis) is 1. The minimum atomic E-state index is -1.83. The molecule has 57 heavy (non-hydrogen) atoms. The van der Waals surface area contributed by atoms with Gasteiger partial charge in [-0.3, -0.25) is 14.9 Å². The van der Waals surface area contributed by atoms with E-state index in [1.165, 1.54) is 24.0 Å². The molecule has 4 bridgehead atoms. The van der Waals surface area contributed by atoms with Crippen LogP contribution in [-0.2, 0) is 39.8 Å². The average Bonchev–Trinajstić information content (AvgIpc) is 3.85. The molecule has 1 aromatic rings. The molecule has 3 heterocycles. The van der Waals surface area contributed by atoms with Gasteiger partial charge in [-0.15, -0.1) is 0 Å². The number of halogens is 1. The molecule has 318 valence electrons. The number of methoxy groups -OCH3 is 2. The summed E-state index contributed by atoms with van der Waals surface area (Å²) in [5, 5.41) is 14.5. The molecule has 3 unspecified atom stereocenters. The molecule has 0 radical (unpaired) electrons. The van der Waals surface area contributed by atoms with E-state index in [0.29, 0.717) is 30.8 Å². The van der Waals surface area contributed by atoms with Crippen LogP contribution in [-0.4, -0.2) is 121 Å². The number of nitrogens with two attached hydrogens (primary N) is 1. The molecule has 0 spiro atoms. The first-order valence-electron chi connectivity index (χ1n) is 19.1. The molecule has 3 aliphatic rings. The molecule has 2 saturated heterocycles. The summed E-state index contributed by atoms with van der Waals surface area (Å²) in [6, 6.07) is 2.60. The Morgan fingerprint density at radius 3 is 2.61 bits per heavy atom. The number of aliphatic hydroxyl groups is 1. The van der Waals surface area contributed by atoms with E-state index in [1.54, 1.807) is 80.7 Å². The van der Waals surface area contributed by atoms with Gasteiger partial charge in [0, 0.05) is 57.0 Å². The summed E-state index contributed by atoms with van der Waals surface area (Å²) in [4.78, 5) is 57.2. The van der Waals surface area contributed by atoms with Gasteiger partial charge < -0.3 is 44.3 Å². The number of benzene rings is 1. The lowest BCUT2D eigenvalue weighted by Crippen LogP contribution is -2.63. The summed E-state index contributed by atoms with van der Waals surface area (Å²) in [6.07, 6.45) is 1.71. The summed E-state index contributed by atoms with van der Waals surface area (Å²) in [7, 11) is 9.39. The monoisotopic (exact) mass is 854 g/mol. The van der Waals surface area contributed by atoms with E-state index < -0.39 is 65.7 Å². The Labute approximate surface area is 349 Å². The molecule has 17 heteroatoms. The van der Waals surface area contributed by atoms with E-state index >= 15 is 0 Å². The number of epoxide rings is 1. The summed E-state index contributed by atoms with van der Waals surface area (Å²) < 4.78 is 29.2. The minimum Gasteiger partial charge on any atom is -0.495 e. The van der Waals surface area contributed by atoms with Crippen LogP contribution in [0.5, 0.6) is 5.75 Å². The highest BCUT2D eigenvalue weighted by molar-refractivity contribution is 8.77.